The number of nitrogens with zero attached hydrogens (tertiary/aromatic N) is 10. The van der Waals surface area contributed by atoms with Gasteiger partial charge < -0.3 is 24.5 Å². The first-order chi connectivity index (χ1) is 45.9. The Kier molecular flexibility index (Phi) is 40.0. The number of carbonyl (C=O) groups is 5. The molecule has 0 aliphatic carbocycles. The molecule has 0 aliphatic rings. The summed E-state index contributed by atoms with van der Waals surface area (Å²) in [6.45, 7) is 117. The summed E-state index contributed by atoms with van der Waals surface area (Å²) in [6.07, 6.45) is 0. The van der Waals surface area contributed by atoms with Gasteiger partial charge in [-0.05, 0) is 291 Å². The summed E-state index contributed by atoms with van der Waals surface area (Å²) in [7, 11) is 0. The van der Waals surface area contributed by atoms with E-state index in [1.165, 1.54) is 0 Å². The molecule has 632 valence electrons. The van der Waals surface area contributed by atoms with Crippen molar-refractivity contribution in [3.63, 3.8) is 0 Å². The molecule has 0 radical (unpaired) electrons. The Morgan fingerprint density at radius 1 is 0.196 bits per heavy atom. The second-order valence-corrected chi connectivity index (χ2v) is 46.8. The molecular weight excluding hydrogens is 1340 g/mol. The second-order valence-electron chi connectivity index (χ2n) is 46.8. The van der Waals surface area contributed by atoms with Crippen molar-refractivity contribution in [1.29, 1.82) is 0 Å². The van der Waals surface area contributed by atoms with Gasteiger partial charge in [-0.15, -0.1) is 0 Å². The van der Waals surface area contributed by atoms with Gasteiger partial charge in [-0.25, -0.2) is 25.0 Å². The van der Waals surface area contributed by atoms with E-state index in [0.717, 1.165) is 0 Å². The molecule has 20 heteroatoms. The van der Waals surface area contributed by atoms with Crippen molar-refractivity contribution >= 4 is 59.3 Å². The Morgan fingerprint density at radius 3 is 0.393 bits per heavy atom. The van der Waals surface area contributed by atoms with Gasteiger partial charge in [0.25, 0.3) is 0 Å². The lowest BCUT2D eigenvalue weighted by Gasteiger charge is -2.48. The average molecular weight is 1520 g/mol. The molecule has 5 N–H and O–H groups in total. The van der Waals surface area contributed by atoms with E-state index in [-0.39, 0.29) is 114 Å². The molecule has 0 heterocycles. The predicted molar refractivity (Wildman–Crippen MR) is 467 cm³/mol. The minimum absolute atomic E-state index is 0.0135. The zero-order valence-electron chi connectivity index (χ0n) is 81.2. The molecule has 0 rings (SSSR count). The Balaban J connectivity index is -0.000000405. The van der Waals surface area contributed by atoms with Gasteiger partial charge in [0.15, 0.2) is 0 Å². The van der Waals surface area contributed by atoms with Crippen LogP contribution in [0.2, 0.25) is 0 Å². The van der Waals surface area contributed by atoms with Crippen molar-refractivity contribution in [2.75, 3.05) is 0 Å². The van der Waals surface area contributed by atoms with E-state index in [9.17, 15) is 24.0 Å². The lowest BCUT2D eigenvalue weighted by Crippen LogP contribution is -2.61. The minimum Gasteiger partial charge on any atom is -0.335 e. The zero-order chi connectivity index (χ0) is 88.0. The Hall–Kier alpha value is -5.30. The van der Waals surface area contributed by atoms with Crippen molar-refractivity contribution in [3.8, 4) is 0 Å². The number of carbonyl (C=O) groups excluding carboxylic acids is 5. The molecular formula is C87H179N15O5. The van der Waals surface area contributed by atoms with Crippen LogP contribution in [0.15, 0.2) is 25.0 Å². The van der Waals surface area contributed by atoms with Crippen LogP contribution in [0.5, 0.6) is 0 Å². The summed E-state index contributed by atoms with van der Waals surface area (Å²) in [5.41, 5.74) is -4.54. The third-order valence-electron chi connectivity index (χ3n) is 14.2. The number of rotatable bonds is 3. The van der Waals surface area contributed by atoms with Gasteiger partial charge in [0, 0.05) is 84.0 Å². The van der Waals surface area contributed by atoms with Crippen LogP contribution >= 0.6 is 0 Å². The van der Waals surface area contributed by atoms with Crippen molar-refractivity contribution in [1.82, 2.24) is 51.1 Å². The highest BCUT2D eigenvalue weighted by Gasteiger charge is 2.41. The van der Waals surface area contributed by atoms with Crippen LogP contribution in [0.1, 0.15) is 395 Å². The van der Waals surface area contributed by atoms with Gasteiger partial charge in [0.05, 0.1) is 27.7 Å². The second kappa shape index (κ2) is 38.8. The molecule has 0 unspecified atom stereocenters. The van der Waals surface area contributed by atoms with E-state index in [2.05, 4.69) is 238 Å². The van der Waals surface area contributed by atoms with Crippen LogP contribution in [0.4, 0.5) is 0 Å². The predicted octanol–water partition coefficient (Wildman–Crippen LogP) is 19.8. The largest absolute Gasteiger partial charge is 0.335 e. The number of aliphatic imine (C=N–C) groups is 5. The number of hydrogen-bond donors (Lipinski definition) is 5. The molecule has 0 atom stereocenters. The summed E-state index contributed by atoms with van der Waals surface area (Å²) < 4.78 is 0. The summed E-state index contributed by atoms with van der Waals surface area (Å²) >= 11 is 0. The molecule has 0 spiro atoms. The smallest absolute Gasteiger partial charge is 0.232 e. The fraction of sp³-hybridized carbons (Fsp3) is 0.885. The van der Waals surface area contributed by atoms with Crippen LogP contribution in [0, 0.1) is 27.1 Å². The molecule has 5 amide bonds. The molecule has 0 aromatic rings. The quantitative estimate of drug-likeness (QED) is 0.133. The highest BCUT2D eigenvalue weighted by Crippen LogP contribution is 2.31. The van der Waals surface area contributed by atoms with E-state index < -0.39 is 27.1 Å². The van der Waals surface area contributed by atoms with Crippen molar-refractivity contribution in [2.45, 2.75) is 479 Å². The van der Waals surface area contributed by atoms with Crippen LogP contribution in [0.3, 0.4) is 0 Å². The molecule has 0 aromatic carbocycles. The first-order valence-electron chi connectivity index (χ1n) is 39.4. The number of amides is 5. The first-order valence-corrected chi connectivity index (χ1v) is 39.4. The third kappa shape index (κ3) is 47.5. The van der Waals surface area contributed by atoms with Gasteiger partial charge in [-0.2, -0.15) is 0 Å². The maximum absolute atomic E-state index is 12.5. The van der Waals surface area contributed by atoms with Crippen LogP contribution in [0.25, 0.3) is 0 Å². The van der Waals surface area contributed by atoms with E-state index in [4.69, 9.17) is 25.0 Å². The average Bonchev–Trinajstić information content (AvgIpc) is 0.811. The van der Waals surface area contributed by atoms with Gasteiger partial charge in [0.1, 0.15) is 0 Å². The van der Waals surface area contributed by atoms with E-state index in [0.29, 0.717) is 29.8 Å². The van der Waals surface area contributed by atoms with Gasteiger partial charge in [0.2, 0.25) is 59.3 Å². The fourth-order valence-electron chi connectivity index (χ4n) is 11.0. The Bertz CT molecular complexity index is 2650. The molecule has 0 aromatic heterocycles. The third-order valence-corrected chi connectivity index (χ3v) is 14.2. The molecule has 0 fully saturated rings. The maximum Gasteiger partial charge on any atom is 0.232 e. The fourth-order valence-corrected chi connectivity index (χ4v) is 11.0. The summed E-state index contributed by atoms with van der Waals surface area (Å²) in [5.74, 6) is 3.18. The molecule has 0 saturated heterocycles. The molecule has 20 nitrogen and oxygen atoms in total. The summed E-state index contributed by atoms with van der Waals surface area (Å²) in [5, 5.41) is 15.2. The van der Waals surface area contributed by atoms with Crippen LogP contribution in [-0.4, -0.2) is 168 Å². The number of hydrogen-bond acceptors (Lipinski definition) is 10. The minimum atomic E-state index is -0.458. The molecule has 0 saturated carbocycles. The normalized spacial score (nSPS) is 14.6. The highest BCUT2D eigenvalue weighted by atomic mass is 16.2. The van der Waals surface area contributed by atoms with Crippen molar-refractivity contribution in [2.24, 2.45) is 52.0 Å². The topological polar surface area (TPSA) is 223 Å². The Morgan fingerprint density at radius 2 is 0.308 bits per heavy atom. The van der Waals surface area contributed by atoms with Crippen LogP contribution in [-0.2, 0) is 24.0 Å². The summed E-state index contributed by atoms with van der Waals surface area (Å²) in [6, 6.07) is 0.726. The lowest BCUT2D eigenvalue weighted by atomic mass is 9.94. The SMILES string of the molecule is CC(C)(C)N=C(NC(=O)C(C)(C)C)N(C(C)(C)C)C(C)(C)C.CC(C)(C)N=C(NC(=O)C(C)(C)C)N(C(C)(C)C)C(C)(C)C.CC(C)N(C(=NC(C)(C)C)NC(=O)C(C)(C)C)C(C)(C)C.CC(C)N(C(=NC(C)(C)C)NC(=O)C(C)(C)C)C(C)(C)C.CC(C)N(C(=NC(C)(C)C)NC(=O)C(C)(C)C)C(C)(C)C. The molecule has 107 heavy (non-hydrogen) atoms. The standard InChI is InChI=1S/2C18H37N3O.3C17H35N3O/c2*1-15(2,3)13(22)19-14(20-16(4,5)6)21(17(7,8)9)18(10,11)12;3*1-12(2)20(17(9,10)11)14(19-16(6,7)8)18-13(21)15(3,4)5/h2*1-12H3,(H,19,20,22);3*12H,1-11H3,(H,18,19,21). The van der Waals surface area contributed by atoms with E-state index in [1.807, 2.05) is 208 Å². The van der Waals surface area contributed by atoms with Crippen molar-refractivity contribution in [3.05, 3.63) is 0 Å². The molecule has 0 bridgehead atoms. The van der Waals surface area contributed by atoms with Gasteiger partial charge in [-0.1, -0.05) is 104 Å². The first kappa shape index (κ1) is 110. The van der Waals surface area contributed by atoms with Gasteiger partial charge in [-0.3, -0.25) is 50.6 Å². The molecule has 0 aliphatic heterocycles. The lowest BCUT2D eigenvalue weighted by molar-refractivity contribution is -0.128. The van der Waals surface area contributed by atoms with Gasteiger partial charge >= 0.3 is 0 Å². The number of nitrogens with one attached hydrogen (secondary N) is 5. The Labute approximate surface area is 662 Å². The van der Waals surface area contributed by atoms with E-state index in [1.54, 1.807) is 0 Å². The highest BCUT2D eigenvalue weighted by molar-refractivity contribution is 6.02. The monoisotopic (exact) mass is 1510 g/mol. The summed E-state index contributed by atoms with van der Waals surface area (Å²) in [4.78, 5) is 97.0. The number of guanidine groups is 5. The van der Waals surface area contributed by atoms with E-state index >= 15 is 0 Å². The van der Waals surface area contributed by atoms with Crippen LogP contribution < -0.4 is 26.6 Å². The maximum atomic E-state index is 12.5. The zero-order valence-corrected chi connectivity index (χ0v) is 81.2. The van der Waals surface area contributed by atoms with Crippen molar-refractivity contribution < 1.29 is 24.0 Å².